The minimum Gasteiger partial charge on any atom is -0.490 e. The molecular formula is C14H19BrO4. The Balaban J connectivity index is 2.60. The number of rotatable bonds is 7. The molecular weight excluding hydrogens is 312 g/mol. The van der Waals surface area contributed by atoms with Crippen LogP contribution in [0.25, 0.3) is 0 Å². The van der Waals surface area contributed by atoms with Gasteiger partial charge in [0.05, 0.1) is 18.3 Å². The quantitative estimate of drug-likeness (QED) is 0.781. The van der Waals surface area contributed by atoms with Crippen molar-refractivity contribution in [3.8, 4) is 5.75 Å². The van der Waals surface area contributed by atoms with E-state index in [0.717, 1.165) is 4.47 Å². The Morgan fingerprint density at radius 2 is 2.05 bits per heavy atom. The molecule has 4 nitrogen and oxygen atoms in total. The van der Waals surface area contributed by atoms with Gasteiger partial charge in [0.2, 0.25) is 0 Å². The molecule has 0 bridgehead atoms. The molecule has 1 unspecified atom stereocenters. The maximum absolute atomic E-state index is 11.5. The van der Waals surface area contributed by atoms with Crippen LogP contribution in [0.5, 0.6) is 5.75 Å². The van der Waals surface area contributed by atoms with Gasteiger partial charge in [0.1, 0.15) is 18.5 Å². The van der Waals surface area contributed by atoms with E-state index in [1.807, 2.05) is 13.8 Å². The fourth-order valence-corrected chi connectivity index (χ4v) is 1.80. The Bertz CT molecular complexity index is 431. The van der Waals surface area contributed by atoms with Crippen LogP contribution >= 0.6 is 15.9 Å². The zero-order valence-corrected chi connectivity index (χ0v) is 12.9. The highest BCUT2D eigenvalue weighted by Gasteiger charge is 2.12. The van der Waals surface area contributed by atoms with E-state index in [9.17, 15) is 9.90 Å². The summed E-state index contributed by atoms with van der Waals surface area (Å²) >= 11 is 3.31. The summed E-state index contributed by atoms with van der Waals surface area (Å²) in [5.74, 6) is 0.392. The maximum Gasteiger partial charge on any atom is 0.163 e. The molecule has 0 saturated carbocycles. The third kappa shape index (κ3) is 5.72. The summed E-state index contributed by atoms with van der Waals surface area (Å²) in [6.45, 7) is 5.58. The number of ketones is 1. The Morgan fingerprint density at radius 1 is 1.37 bits per heavy atom. The van der Waals surface area contributed by atoms with Gasteiger partial charge in [-0.3, -0.25) is 4.79 Å². The van der Waals surface area contributed by atoms with E-state index in [-0.39, 0.29) is 25.1 Å². The fourth-order valence-electron chi connectivity index (χ4n) is 1.44. The zero-order valence-electron chi connectivity index (χ0n) is 11.4. The van der Waals surface area contributed by atoms with Crippen molar-refractivity contribution < 1.29 is 19.4 Å². The molecule has 0 amide bonds. The number of carbonyl (C=O) groups is 1. The lowest BCUT2D eigenvalue weighted by molar-refractivity contribution is -0.0123. The van der Waals surface area contributed by atoms with Gasteiger partial charge in [-0.1, -0.05) is 15.9 Å². The standard InChI is InChI=1S/C14H19BrO4/c1-9(2)18-7-12(17)8-19-14-5-4-11(15)6-13(14)10(3)16/h4-6,9,12,17H,7-8H2,1-3H3. The van der Waals surface area contributed by atoms with Crippen LogP contribution in [-0.2, 0) is 4.74 Å². The number of Topliss-reactive ketones (excluding diaryl/α,β-unsaturated/α-hetero) is 1. The molecule has 1 atom stereocenters. The predicted molar refractivity (Wildman–Crippen MR) is 76.7 cm³/mol. The van der Waals surface area contributed by atoms with Crippen LogP contribution in [0, 0.1) is 0 Å². The second kappa shape index (κ2) is 7.62. The molecule has 19 heavy (non-hydrogen) atoms. The Kier molecular flexibility index (Phi) is 6.48. The molecule has 0 fully saturated rings. The summed E-state index contributed by atoms with van der Waals surface area (Å²) in [6, 6.07) is 5.20. The molecule has 1 rings (SSSR count). The Hall–Kier alpha value is -0.910. The Morgan fingerprint density at radius 3 is 2.63 bits per heavy atom. The van der Waals surface area contributed by atoms with Crippen LogP contribution in [0.15, 0.2) is 22.7 Å². The first kappa shape index (κ1) is 16.1. The molecule has 0 aliphatic carbocycles. The molecule has 1 aromatic rings. The number of aliphatic hydroxyl groups excluding tert-OH is 1. The highest BCUT2D eigenvalue weighted by Crippen LogP contribution is 2.23. The minimum absolute atomic E-state index is 0.0649. The van der Waals surface area contributed by atoms with Crippen molar-refractivity contribution >= 4 is 21.7 Å². The summed E-state index contributed by atoms with van der Waals surface area (Å²) in [5.41, 5.74) is 0.492. The number of carbonyl (C=O) groups excluding carboxylic acids is 1. The van der Waals surface area contributed by atoms with Crippen molar-refractivity contribution in [3.63, 3.8) is 0 Å². The third-order valence-electron chi connectivity index (χ3n) is 2.37. The second-order valence-corrected chi connectivity index (χ2v) is 5.46. The van der Waals surface area contributed by atoms with Gasteiger partial charge < -0.3 is 14.6 Å². The summed E-state index contributed by atoms with van der Waals surface area (Å²) in [7, 11) is 0. The van der Waals surface area contributed by atoms with Gasteiger partial charge >= 0.3 is 0 Å². The molecule has 0 aliphatic rings. The number of aliphatic hydroxyl groups is 1. The van der Waals surface area contributed by atoms with Gasteiger partial charge in [-0.15, -0.1) is 0 Å². The smallest absolute Gasteiger partial charge is 0.163 e. The monoisotopic (exact) mass is 330 g/mol. The third-order valence-corrected chi connectivity index (χ3v) is 2.87. The number of benzene rings is 1. The van der Waals surface area contributed by atoms with Crippen LogP contribution in [-0.4, -0.2) is 36.3 Å². The summed E-state index contributed by atoms with van der Waals surface area (Å²) in [5, 5.41) is 9.70. The second-order valence-electron chi connectivity index (χ2n) is 4.54. The number of ether oxygens (including phenoxy) is 2. The van der Waals surface area contributed by atoms with Gasteiger partial charge in [0.25, 0.3) is 0 Å². The number of hydrogen-bond acceptors (Lipinski definition) is 4. The van der Waals surface area contributed by atoms with Crippen LogP contribution in [0.1, 0.15) is 31.1 Å². The van der Waals surface area contributed by atoms with E-state index >= 15 is 0 Å². The number of halogens is 1. The van der Waals surface area contributed by atoms with E-state index in [2.05, 4.69) is 15.9 Å². The average Bonchev–Trinajstić information content (AvgIpc) is 2.34. The van der Waals surface area contributed by atoms with Crippen molar-refractivity contribution in [2.45, 2.75) is 33.0 Å². The van der Waals surface area contributed by atoms with E-state index in [1.54, 1.807) is 18.2 Å². The molecule has 106 valence electrons. The van der Waals surface area contributed by atoms with Crippen molar-refractivity contribution in [2.24, 2.45) is 0 Å². The van der Waals surface area contributed by atoms with Crippen molar-refractivity contribution in [1.82, 2.24) is 0 Å². The van der Waals surface area contributed by atoms with Crippen molar-refractivity contribution in [2.75, 3.05) is 13.2 Å². The molecule has 1 N–H and O–H groups in total. The lowest BCUT2D eigenvalue weighted by Crippen LogP contribution is -2.25. The van der Waals surface area contributed by atoms with E-state index in [4.69, 9.17) is 9.47 Å². The topological polar surface area (TPSA) is 55.8 Å². The predicted octanol–water partition coefficient (Wildman–Crippen LogP) is 2.82. The molecule has 1 aromatic carbocycles. The normalized spacial score (nSPS) is 12.5. The van der Waals surface area contributed by atoms with E-state index in [0.29, 0.717) is 11.3 Å². The highest BCUT2D eigenvalue weighted by molar-refractivity contribution is 9.10. The van der Waals surface area contributed by atoms with Gasteiger partial charge in [0, 0.05) is 4.47 Å². The average molecular weight is 331 g/mol. The van der Waals surface area contributed by atoms with Crippen LogP contribution < -0.4 is 4.74 Å². The van der Waals surface area contributed by atoms with Gasteiger partial charge in [-0.2, -0.15) is 0 Å². The first-order valence-electron chi connectivity index (χ1n) is 6.13. The van der Waals surface area contributed by atoms with Crippen molar-refractivity contribution in [3.05, 3.63) is 28.2 Å². The molecule has 0 spiro atoms. The molecule has 0 heterocycles. The first-order valence-corrected chi connectivity index (χ1v) is 6.92. The highest BCUT2D eigenvalue weighted by atomic mass is 79.9. The van der Waals surface area contributed by atoms with Crippen LogP contribution in [0.3, 0.4) is 0 Å². The van der Waals surface area contributed by atoms with Crippen LogP contribution in [0.2, 0.25) is 0 Å². The Labute approximate surface area is 121 Å². The van der Waals surface area contributed by atoms with E-state index < -0.39 is 6.10 Å². The molecule has 0 saturated heterocycles. The molecule has 0 aliphatic heterocycles. The number of hydrogen-bond donors (Lipinski definition) is 1. The molecule has 0 radical (unpaired) electrons. The summed E-state index contributed by atoms with van der Waals surface area (Å²) < 4.78 is 11.6. The molecule has 0 aromatic heterocycles. The minimum atomic E-state index is -0.717. The molecule has 5 heteroatoms. The fraction of sp³-hybridized carbons (Fsp3) is 0.500. The summed E-state index contributed by atoms with van der Waals surface area (Å²) in [4.78, 5) is 11.5. The van der Waals surface area contributed by atoms with Crippen LogP contribution in [0.4, 0.5) is 0 Å². The van der Waals surface area contributed by atoms with Crippen molar-refractivity contribution in [1.29, 1.82) is 0 Å². The summed E-state index contributed by atoms with van der Waals surface area (Å²) in [6.07, 6.45) is -0.652. The van der Waals surface area contributed by atoms with Gasteiger partial charge in [0.15, 0.2) is 5.78 Å². The van der Waals surface area contributed by atoms with Gasteiger partial charge in [-0.25, -0.2) is 0 Å². The SMILES string of the molecule is CC(=O)c1cc(Br)ccc1OCC(O)COC(C)C. The lowest BCUT2D eigenvalue weighted by Gasteiger charge is -2.15. The van der Waals surface area contributed by atoms with Gasteiger partial charge in [-0.05, 0) is 39.0 Å². The largest absolute Gasteiger partial charge is 0.490 e. The zero-order chi connectivity index (χ0) is 14.4. The first-order chi connectivity index (χ1) is 8.90. The lowest BCUT2D eigenvalue weighted by atomic mass is 10.1. The maximum atomic E-state index is 11.5. The van der Waals surface area contributed by atoms with E-state index in [1.165, 1.54) is 6.92 Å².